The van der Waals surface area contributed by atoms with E-state index < -0.39 is 110 Å². The highest BCUT2D eigenvalue weighted by molar-refractivity contribution is 5.89. The van der Waals surface area contributed by atoms with E-state index in [1.807, 2.05) is 25.3 Å². The number of carbonyl (C=O) groups is 3. The largest absolute Gasteiger partial charge is 0.689 e. The van der Waals surface area contributed by atoms with Crippen LogP contribution in [0.2, 0.25) is 0 Å². The lowest BCUT2D eigenvalue weighted by Gasteiger charge is -2.48. The van der Waals surface area contributed by atoms with Crippen molar-refractivity contribution in [2.75, 3.05) is 50.5 Å². The molecule has 1 amide bonds. The van der Waals surface area contributed by atoms with Gasteiger partial charge < -0.3 is 85.3 Å². The number of amides is 1. The van der Waals surface area contributed by atoms with E-state index in [-0.39, 0.29) is 36.7 Å². The molecular formula is C53H79N6O15-. The minimum absolute atomic E-state index is 0.0183. The van der Waals surface area contributed by atoms with E-state index in [1.54, 1.807) is 30.3 Å². The van der Waals surface area contributed by atoms with Gasteiger partial charge in [-0.05, 0) is 106 Å². The number of aliphatic carboxylic acids is 1. The van der Waals surface area contributed by atoms with E-state index in [1.165, 1.54) is 30.3 Å². The molecule has 15 unspecified atom stereocenters. The van der Waals surface area contributed by atoms with Gasteiger partial charge in [0, 0.05) is 43.5 Å². The number of carboxylic acids is 1. The summed E-state index contributed by atoms with van der Waals surface area (Å²) in [5, 5.41) is 74.1. The summed E-state index contributed by atoms with van der Waals surface area (Å²) in [5.74, 6) is 2.80. The van der Waals surface area contributed by atoms with Crippen molar-refractivity contribution in [3.63, 3.8) is 0 Å². The summed E-state index contributed by atoms with van der Waals surface area (Å²) in [6.45, 7) is 5.25. The van der Waals surface area contributed by atoms with Crippen molar-refractivity contribution in [1.82, 2.24) is 10.3 Å². The average Bonchev–Trinajstić information content (AvgIpc) is 3.79. The molecule has 2 aliphatic carbocycles. The predicted molar refractivity (Wildman–Crippen MR) is 271 cm³/mol. The Labute approximate surface area is 433 Å². The number of esters is 1. The summed E-state index contributed by atoms with van der Waals surface area (Å²) >= 11 is 0. The highest BCUT2D eigenvalue weighted by Crippen LogP contribution is 2.40. The van der Waals surface area contributed by atoms with Gasteiger partial charge in [0.15, 0.2) is 24.8 Å². The lowest BCUT2D eigenvalue weighted by Crippen LogP contribution is -2.64. The second-order valence-corrected chi connectivity index (χ2v) is 20.7. The molecule has 4 fully saturated rings. The van der Waals surface area contributed by atoms with Gasteiger partial charge in [0.25, 0.3) is 0 Å². The quantitative estimate of drug-likeness (QED) is 0.0254. The molecule has 0 spiro atoms. The number of nitrogens with zero attached hydrogens (tertiary/aromatic N) is 3. The Morgan fingerprint density at radius 1 is 0.919 bits per heavy atom. The minimum atomic E-state index is -1.69. The molecule has 0 aromatic heterocycles. The van der Waals surface area contributed by atoms with Gasteiger partial charge in [0.2, 0.25) is 5.91 Å². The van der Waals surface area contributed by atoms with Crippen LogP contribution in [0, 0.1) is 17.8 Å². The first-order valence-electron chi connectivity index (χ1n) is 26.4. The maximum atomic E-state index is 14.1. The molecule has 7 rings (SSSR count). The third-order valence-corrected chi connectivity index (χ3v) is 15.3. The molecule has 11 N–H and O–H groups in total. The molecule has 412 valence electrons. The molecular weight excluding hydrogens is 961 g/mol. The third kappa shape index (κ3) is 14.6. The molecule has 15 atom stereocenters. The van der Waals surface area contributed by atoms with Crippen LogP contribution in [0.1, 0.15) is 100 Å². The van der Waals surface area contributed by atoms with E-state index >= 15 is 0 Å². The van der Waals surface area contributed by atoms with Gasteiger partial charge in [-0.1, -0.05) is 57.2 Å². The van der Waals surface area contributed by atoms with Crippen LogP contribution in [-0.4, -0.2) is 173 Å². The summed E-state index contributed by atoms with van der Waals surface area (Å²) in [6.07, 6.45) is -9.04. The molecule has 74 heavy (non-hydrogen) atoms. The zero-order chi connectivity index (χ0) is 53.1. The van der Waals surface area contributed by atoms with E-state index in [0.717, 1.165) is 69.4 Å². The number of carbonyl (C=O) groups excluding carboxylic acids is 2. The van der Waals surface area contributed by atoms with Crippen molar-refractivity contribution in [2.45, 2.75) is 171 Å². The summed E-state index contributed by atoms with van der Waals surface area (Å²) in [6, 6.07) is 14.0. The number of fused-ring (bicyclic) bond motifs is 1. The van der Waals surface area contributed by atoms with Crippen molar-refractivity contribution >= 4 is 29.2 Å². The number of allylic oxidation sites excluding steroid dienone is 1. The van der Waals surface area contributed by atoms with Gasteiger partial charge in [0.05, 0.1) is 30.5 Å². The maximum Gasteiger partial charge on any atom is 0.338 e. The lowest BCUT2D eigenvalue weighted by atomic mass is 9.77. The monoisotopic (exact) mass is 1040 g/mol. The van der Waals surface area contributed by atoms with Crippen molar-refractivity contribution in [2.24, 2.45) is 23.6 Å². The molecule has 21 heteroatoms. The summed E-state index contributed by atoms with van der Waals surface area (Å²) in [7, 11) is 1.69. The number of hydrogen-bond acceptors (Lipinski definition) is 18. The minimum Gasteiger partial charge on any atom is -0.689 e. The van der Waals surface area contributed by atoms with Crippen molar-refractivity contribution in [3.8, 4) is 0 Å². The van der Waals surface area contributed by atoms with Crippen LogP contribution in [0.5, 0.6) is 0 Å². The Morgan fingerprint density at radius 2 is 1.68 bits per heavy atom. The standard InChI is InChI=1S/C53H79N6O15/c1-30-24-35(49(65)57-20-10-16-37(56-3)28-59(55)22-11-21-58-23-19-34-26-36(54)17-18-38(34)58)27-39(46(30)74-52-45(64)44(63)42(61)31(2)69-52)71-53-48(73-51(68)33-14-8-5-9-15-33)47(43(62)41(29-60)72-53)70-40(50(66)67)25-32-12-6-4-7-13-32/h5,8-9,14-15,17-18,26,28,30-32,35,39-48,52-53,60-64H,4,6-7,10-13,16,19-25,27,29,54-55H2,1-3H3,(H,57,65)(H,66,67)/q-1/b37-28-. The number of rotatable bonds is 23. The number of anilines is 2. The topological polar surface area (TPSA) is 313 Å². The normalized spacial score (nSPS) is 32.1. The van der Waals surface area contributed by atoms with Crippen LogP contribution < -0.4 is 21.8 Å². The number of aliphatic hydroxyl groups excluding tert-OH is 5. The van der Waals surface area contributed by atoms with E-state index in [0.29, 0.717) is 25.9 Å². The lowest BCUT2D eigenvalue weighted by molar-refractivity contribution is -0.349. The predicted octanol–water partition coefficient (Wildman–Crippen LogP) is 2.69. The van der Waals surface area contributed by atoms with Crippen LogP contribution >= 0.6 is 0 Å². The van der Waals surface area contributed by atoms with E-state index in [4.69, 9.17) is 40.0 Å². The fraction of sp³-hybridized carbons (Fsp3) is 0.679. The summed E-state index contributed by atoms with van der Waals surface area (Å²) in [5.41, 5.74) is 10.1. The van der Waals surface area contributed by atoms with Gasteiger partial charge in [0.1, 0.15) is 36.6 Å². The van der Waals surface area contributed by atoms with E-state index in [2.05, 4.69) is 21.6 Å². The zero-order valence-corrected chi connectivity index (χ0v) is 42.8. The number of benzene rings is 2. The summed E-state index contributed by atoms with van der Waals surface area (Å²) < 4.78 is 37.5. The van der Waals surface area contributed by atoms with Crippen LogP contribution in [0.15, 0.2) is 60.4 Å². The SMILES string of the molecule is C[N-]/C(=C\N(N)CCCN1CCc2cc(N)ccc21)CCCNC(=O)C1CC(C)C(OC2OC(C)C(O)C(O)C2O)C(OC2OC(CO)C(O)C(OC(CC3CCCCC3)C(=O)O)C2OC(=O)c2ccccc2)C1. The Morgan fingerprint density at radius 3 is 2.39 bits per heavy atom. The molecule has 2 aromatic rings. The average molecular weight is 1040 g/mol. The van der Waals surface area contributed by atoms with Gasteiger partial charge in [-0.15, -0.1) is 12.7 Å². The van der Waals surface area contributed by atoms with Crippen molar-refractivity contribution in [1.29, 1.82) is 0 Å². The smallest absolute Gasteiger partial charge is 0.338 e. The van der Waals surface area contributed by atoms with Crippen LogP contribution in [-0.2, 0) is 44.4 Å². The highest BCUT2D eigenvalue weighted by atomic mass is 16.7. The van der Waals surface area contributed by atoms with Gasteiger partial charge in [-0.3, -0.25) is 4.79 Å². The van der Waals surface area contributed by atoms with Crippen LogP contribution in [0.4, 0.5) is 11.4 Å². The van der Waals surface area contributed by atoms with Crippen molar-refractivity contribution in [3.05, 3.63) is 76.9 Å². The first kappa shape index (κ1) is 57.1. The Balaban J connectivity index is 1.06. The van der Waals surface area contributed by atoms with Crippen LogP contribution in [0.25, 0.3) is 5.32 Å². The number of nitrogens with one attached hydrogen (secondary N) is 1. The highest BCUT2D eigenvalue weighted by Gasteiger charge is 2.54. The zero-order valence-electron chi connectivity index (χ0n) is 42.8. The number of hydrazine groups is 1. The number of nitrogen functional groups attached to an aromatic ring is 1. The van der Waals surface area contributed by atoms with Gasteiger partial charge >= 0.3 is 11.9 Å². The molecule has 2 saturated carbocycles. The Bertz CT molecular complexity index is 2150. The fourth-order valence-corrected chi connectivity index (χ4v) is 11.1. The molecule has 2 saturated heterocycles. The fourth-order valence-electron chi connectivity index (χ4n) is 11.1. The second-order valence-electron chi connectivity index (χ2n) is 20.7. The third-order valence-electron chi connectivity index (χ3n) is 15.3. The molecule has 2 aromatic carbocycles. The molecule has 5 aliphatic rings. The Hall–Kier alpha value is -4.65. The number of hydrogen-bond donors (Lipinski definition) is 9. The molecule has 0 radical (unpaired) electrons. The van der Waals surface area contributed by atoms with Crippen molar-refractivity contribution < 1.29 is 73.4 Å². The molecule has 21 nitrogen and oxygen atoms in total. The Kier molecular flexibility index (Phi) is 20.7. The van der Waals surface area contributed by atoms with Gasteiger partial charge in [-0.25, -0.2) is 15.4 Å². The van der Waals surface area contributed by atoms with E-state index in [9.17, 15) is 45.0 Å². The molecule has 3 aliphatic heterocycles. The van der Waals surface area contributed by atoms with Gasteiger partial charge in [-0.2, -0.15) is 0 Å². The number of aliphatic hydroxyl groups is 5. The molecule has 3 heterocycles. The summed E-state index contributed by atoms with van der Waals surface area (Å²) in [4.78, 5) is 43.2. The number of nitrogens with two attached hydrogens (primary N) is 2. The maximum absolute atomic E-state index is 14.1. The first-order valence-corrected chi connectivity index (χ1v) is 26.4. The number of carboxylic acid groups (broad SMARTS) is 1. The first-order chi connectivity index (χ1) is 35.5. The molecule has 0 bridgehead atoms. The second kappa shape index (κ2) is 26.9. The van der Waals surface area contributed by atoms with Crippen LogP contribution in [0.3, 0.4) is 0 Å². The number of ether oxygens (including phenoxy) is 6.